The van der Waals surface area contributed by atoms with Crippen molar-refractivity contribution in [3.8, 4) is 5.75 Å². The first-order chi connectivity index (χ1) is 7.97. The third kappa shape index (κ3) is 2.91. The van der Waals surface area contributed by atoms with Crippen molar-refractivity contribution in [2.45, 2.75) is 31.0 Å². The van der Waals surface area contributed by atoms with E-state index in [0.29, 0.717) is 5.75 Å². The molecule has 2 atom stereocenters. The molecule has 0 aliphatic carbocycles. The standard InChI is InChI=1S/C12H13F3O2/c13-12(14,15)6-5-10(16)9-7-17-11-4-2-1-3-8(9)11/h1-4,9-10,16H,5-7H2. The molecule has 0 saturated carbocycles. The largest absolute Gasteiger partial charge is 0.493 e. The maximum absolute atomic E-state index is 12.1. The van der Waals surface area contributed by atoms with Gasteiger partial charge in [0.25, 0.3) is 0 Å². The number of ether oxygens (including phenoxy) is 1. The fourth-order valence-corrected chi connectivity index (χ4v) is 2.02. The first kappa shape index (κ1) is 12.2. The van der Waals surface area contributed by atoms with Crippen molar-refractivity contribution in [3.63, 3.8) is 0 Å². The summed E-state index contributed by atoms with van der Waals surface area (Å²) in [5.41, 5.74) is 0.794. The van der Waals surface area contributed by atoms with Crippen LogP contribution in [0.3, 0.4) is 0 Å². The van der Waals surface area contributed by atoms with Crippen LogP contribution >= 0.6 is 0 Å². The molecule has 1 aromatic rings. The summed E-state index contributed by atoms with van der Waals surface area (Å²) in [6.45, 7) is 0.248. The van der Waals surface area contributed by atoms with Crippen LogP contribution in [0.1, 0.15) is 24.3 Å². The number of halogens is 3. The molecule has 0 aromatic heterocycles. The van der Waals surface area contributed by atoms with Crippen molar-refractivity contribution < 1.29 is 23.0 Å². The van der Waals surface area contributed by atoms with E-state index in [1.165, 1.54) is 0 Å². The molecule has 1 aromatic carbocycles. The van der Waals surface area contributed by atoms with Crippen LogP contribution in [0.4, 0.5) is 13.2 Å². The number of aliphatic hydroxyl groups is 1. The van der Waals surface area contributed by atoms with Crippen LogP contribution in [0.5, 0.6) is 5.75 Å². The molecule has 0 fully saturated rings. The second-order valence-electron chi connectivity index (χ2n) is 4.18. The van der Waals surface area contributed by atoms with Crippen molar-refractivity contribution in [2.24, 2.45) is 0 Å². The van der Waals surface area contributed by atoms with E-state index in [1.807, 2.05) is 0 Å². The zero-order valence-corrected chi connectivity index (χ0v) is 9.07. The molecule has 0 radical (unpaired) electrons. The van der Waals surface area contributed by atoms with E-state index in [0.717, 1.165) is 5.56 Å². The maximum atomic E-state index is 12.1. The van der Waals surface area contributed by atoms with Gasteiger partial charge in [-0.05, 0) is 12.5 Å². The van der Waals surface area contributed by atoms with Gasteiger partial charge in [0, 0.05) is 17.9 Å². The van der Waals surface area contributed by atoms with Crippen LogP contribution in [-0.2, 0) is 0 Å². The second-order valence-corrected chi connectivity index (χ2v) is 4.18. The first-order valence-corrected chi connectivity index (χ1v) is 5.44. The number of fused-ring (bicyclic) bond motifs is 1. The van der Waals surface area contributed by atoms with Crippen molar-refractivity contribution in [3.05, 3.63) is 29.8 Å². The quantitative estimate of drug-likeness (QED) is 0.888. The predicted molar refractivity (Wildman–Crippen MR) is 56.0 cm³/mol. The summed E-state index contributed by atoms with van der Waals surface area (Å²) in [6, 6.07) is 7.12. The Morgan fingerprint density at radius 1 is 1.35 bits per heavy atom. The van der Waals surface area contributed by atoms with E-state index in [9.17, 15) is 18.3 Å². The molecule has 0 amide bonds. The van der Waals surface area contributed by atoms with E-state index in [1.54, 1.807) is 24.3 Å². The van der Waals surface area contributed by atoms with Gasteiger partial charge in [-0.25, -0.2) is 0 Å². The van der Waals surface area contributed by atoms with Gasteiger partial charge in [0.2, 0.25) is 0 Å². The molecule has 94 valence electrons. The highest BCUT2D eigenvalue weighted by Gasteiger charge is 2.34. The van der Waals surface area contributed by atoms with Crippen LogP contribution in [0.15, 0.2) is 24.3 Å². The molecule has 0 saturated heterocycles. The van der Waals surface area contributed by atoms with Crippen molar-refractivity contribution >= 4 is 0 Å². The number of alkyl halides is 3. The second kappa shape index (κ2) is 4.56. The highest BCUT2D eigenvalue weighted by molar-refractivity contribution is 5.40. The summed E-state index contributed by atoms with van der Waals surface area (Å²) in [5, 5.41) is 9.78. The third-order valence-corrected chi connectivity index (χ3v) is 2.92. The highest BCUT2D eigenvalue weighted by atomic mass is 19.4. The van der Waals surface area contributed by atoms with Gasteiger partial charge in [0.05, 0.1) is 12.7 Å². The molecule has 17 heavy (non-hydrogen) atoms. The molecule has 5 heteroatoms. The van der Waals surface area contributed by atoms with Gasteiger partial charge in [-0.1, -0.05) is 18.2 Å². The SMILES string of the molecule is OC(CCC(F)(F)F)C1COc2ccccc21. The average molecular weight is 246 g/mol. The van der Waals surface area contributed by atoms with E-state index in [2.05, 4.69) is 0 Å². The van der Waals surface area contributed by atoms with E-state index >= 15 is 0 Å². The summed E-state index contributed by atoms with van der Waals surface area (Å²) in [7, 11) is 0. The minimum atomic E-state index is -4.22. The number of hydrogen-bond donors (Lipinski definition) is 1. The van der Waals surface area contributed by atoms with Gasteiger partial charge in [-0.2, -0.15) is 13.2 Å². The van der Waals surface area contributed by atoms with E-state index in [-0.39, 0.29) is 18.9 Å². The van der Waals surface area contributed by atoms with Gasteiger partial charge in [-0.15, -0.1) is 0 Å². The van der Waals surface area contributed by atoms with Crippen LogP contribution in [0, 0.1) is 0 Å². The van der Waals surface area contributed by atoms with Gasteiger partial charge >= 0.3 is 6.18 Å². The summed E-state index contributed by atoms with van der Waals surface area (Å²) in [4.78, 5) is 0. The fourth-order valence-electron chi connectivity index (χ4n) is 2.02. The third-order valence-electron chi connectivity index (χ3n) is 2.92. The Morgan fingerprint density at radius 2 is 2.06 bits per heavy atom. The normalized spacial score (nSPS) is 20.8. The van der Waals surface area contributed by atoms with E-state index < -0.39 is 18.7 Å². The van der Waals surface area contributed by atoms with Crippen LogP contribution in [0.25, 0.3) is 0 Å². The van der Waals surface area contributed by atoms with Crippen LogP contribution in [-0.4, -0.2) is 24.0 Å². The number of benzene rings is 1. The van der Waals surface area contributed by atoms with Crippen molar-refractivity contribution in [2.75, 3.05) is 6.61 Å². The van der Waals surface area contributed by atoms with E-state index in [4.69, 9.17) is 4.74 Å². The Labute approximate surface area is 97.0 Å². The lowest BCUT2D eigenvalue weighted by atomic mass is 9.92. The molecule has 1 aliphatic rings. The molecule has 2 unspecified atom stereocenters. The maximum Gasteiger partial charge on any atom is 0.389 e. The molecule has 2 nitrogen and oxygen atoms in total. The minimum absolute atomic E-state index is 0.248. The molecular formula is C12H13F3O2. The summed E-state index contributed by atoms with van der Waals surface area (Å²) >= 11 is 0. The number of hydrogen-bond acceptors (Lipinski definition) is 2. The van der Waals surface area contributed by atoms with Crippen LogP contribution in [0.2, 0.25) is 0 Å². The van der Waals surface area contributed by atoms with Crippen molar-refractivity contribution in [1.29, 1.82) is 0 Å². The summed E-state index contributed by atoms with van der Waals surface area (Å²) < 4.78 is 41.5. The predicted octanol–water partition coefficient (Wildman–Crippen LogP) is 2.87. The van der Waals surface area contributed by atoms with Gasteiger partial charge in [0.1, 0.15) is 5.75 Å². The molecule has 1 aliphatic heterocycles. The molecule has 0 spiro atoms. The first-order valence-electron chi connectivity index (χ1n) is 5.44. The smallest absolute Gasteiger partial charge is 0.389 e. The highest BCUT2D eigenvalue weighted by Crippen LogP contribution is 2.37. The minimum Gasteiger partial charge on any atom is -0.493 e. The zero-order valence-electron chi connectivity index (χ0n) is 9.07. The monoisotopic (exact) mass is 246 g/mol. The van der Waals surface area contributed by atoms with Gasteiger partial charge in [-0.3, -0.25) is 0 Å². The fraction of sp³-hybridized carbons (Fsp3) is 0.500. The molecule has 1 heterocycles. The Bertz CT molecular complexity index is 390. The Morgan fingerprint density at radius 3 is 2.76 bits per heavy atom. The van der Waals surface area contributed by atoms with Crippen molar-refractivity contribution in [1.82, 2.24) is 0 Å². The Balaban J connectivity index is 2.00. The number of aliphatic hydroxyl groups excluding tert-OH is 1. The summed E-state index contributed by atoms with van der Waals surface area (Å²) in [6.07, 6.45) is -6.49. The lowest BCUT2D eigenvalue weighted by molar-refractivity contribution is -0.140. The Hall–Kier alpha value is -1.23. The average Bonchev–Trinajstić information content (AvgIpc) is 2.68. The topological polar surface area (TPSA) is 29.5 Å². The molecule has 0 bridgehead atoms. The Kier molecular flexibility index (Phi) is 3.28. The van der Waals surface area contributed by atoms with Gasteiger partial charge in [0.15, 0.2) is 0 Å². The zero-order chi connectivity index (χ0) is 12.5. The summed E-state index contributed by atoms with van der Waals surface area (Å²) in [5.74, 6) is 0.303. The molecular weight excluding hydrogens is 233 g/mol. The molecule has 2 rings (SSSR count). The van der Waals surface area contributed by atoms with Gasteiger partial charge < -0.3 is 9.84 Å². The number of para-hydroxylation sites is 1. The lowest BCUT2D eigenvalue weighted by Gasteiger charge is -2.17. The molecule has 1 N–H and O–H groups in total. The van der Waals surface area contributed by atoms with Crippen LogP contribution < -0.4 is 4.74 Å². The lowest BCUT2D eigenvalue weighted by Crippen LogP contribution is -2.22. The number of rotatable bonds is 3.